The average molecular weight is 687 g/mol. The highest BCUT2D eigenvalue weighted by molar-refractivity contribution is 7.92. The highest BCUT2D eigenvalue weighted by Gasteiger charge is 2.68. The molecule has 2 aromatic carbocycles. The molecule has 0 aromatic heterocycles. The second-order valence-corrected chi connectivity index (χ2v) is 14.7. The number of amides is 2. The fraction of sp³-hybridized carbons (Fsp3) is 0.576. The Hall–Kier alpha value is -2.97. The molecule has 47 heavy (non-hydrogen) atoms. The van der Waals surface area contributed by atoms with Gasteiger partial charge in [0, 0.05) is 48.8 Å². The zero-order valence-electron chi connectivity index (χ0n) is 25.7. The first kappa shape index (κ1) is 35.3. The molecule has 1 saturated carbocycles. The summed E-state index contributed by atoms with van der Waals surface area (Å²) < 4.78 is 102. The van der Waals surface area contributed by atoms with Gasteiger partial charge in [0.25, 0.3) is 5.91 Å². The van der Waals surface area contributed by atoms with E-state index in [0.717, 1.165) is 30.5 Å². The van der Waals surface area contributed by atoms with Gasteiger partial charge in [0.15, 0.2) is 15.1 Å². The average Bonchev–Trinajstić information content (AvgIpc) is 3.53. The molecule has 1 aliphatic carbocycles. The fourth-order valence-electron chi connectivity index (χ4n) is 7.12. The first-order valence-corrected chi connectivity index (χ1v) is 16.8. The monoisotopic (exact) mass is 686 g/mol. The predicted molar refractivity (Wildman–Crippen MR) is 161 cm³/mol. The third kappa shape index (κ3) is 6.69. The molecular weight excluding hydrogens is 650 g/mol. The summed E-state index contributed by atoms with van der Waals surface area (Å²) in [6.45, 7) is 1.37. The number of benzene rings is 2. The van der Waals surface area contributed by atoms with Crippen LogP contribution >= 0.6 is 0 Å². The summed E-state index contributed by atoms with van der Waals surface area (Å²) in [5.74, 6) is -1.79. The number of nitroso groups, excluding NO2 is 1. The van der Waals surface area contributed by atoms with Crippen LogP contribution in [-0.4, -0.2) is 59.9 Å². The molecule has 2 amide bonds. The topological polar surface area (TPSA) is 99.1 Å². The highest BCUT2D eigenvalue weighted by atomic mass is 32.2. The van der Waals surface area contributed by atoms with Crippen LogP contribution in [-0.2, 0) is 35.7 Å². The summed E-state index contributed by atoms with van der Waals surface area (Å²) in [7, 11) is 0. The van der Waals surface area contributed by atoms with Gasteiger partial charge in [0.2, 0.25) is 5.91 Å². The molecule has 2 unspecified atom stereocenters. The van der Waals surface area contributed by atoms with E-state index in [0.29, 0.717) is 43.8 Å². The number of likely N-dealkylation sites (tertiary alicyclic amines) is 1. The standard InChI is InChI=1S/C33H36F6N2O5S/c1-30(32(34,35)36,33(37,38)39)25-9-11-26(12-10-25)31(47(45)27-4-2-3-24(19-27)21-13-17-46-18-14-21)15-16-41(20-31)29(43)23-7-5-22(6-8-23)28(42)40-44/h2-4,9-12,19,21-23H,5-8,13-18,20H2,1H3/t22-,23-,31?,47?. The van der Waals surface area contributed by atoms with Crippen LogP contribution in [0.15, 0.2) is 58.6 Å². The second kappa shape index (κ2) is 13.5. The van der Waals surface area contributed by atoms with Gasteiger partial charge in [-0.3, -0.25) is 9.59 Å². The van der Waals surface area contributed by atoms with E-state index in [4.69, 9.17) is 4.74 Å². The first-order valence-electron chi connectivity index (χ1n) is 15.6. The molecule has 0 radical (unpaired) electrons. The van der Waals surface area contributed by atoms with Crippen molar-refractivity contribution in [1.82, 2.24) is 4.90 Å². The van der Waals surface area contributed by atoms with Crippen LogP contribution in [0.2, 0.25) is 0 Å². The number of carbonyl (C=O) groups is 2. The van der Waals surface area contributed by atoms with Gasteiger partial charge in [-0.25, -0.2) is 0 Å². The minimum atomic E-state index is -5.63. The lowest BCUT2D eigenvalue weighted by Crippen LogP contribution is -2.51. The van der Waals surface area contributed by atoms with Crippen LogP contribution in [0.3, 0.4) is 0 Å². The minimum absolute atomic E-state index is 0.0656. The van der Waals surface area contributed by atoms with Gasteiger partial charge in [0.05, 0.1) is 6.54 Å². The summed E-state index contributed by atoms with van der Waals surface area (Å²) in [6, 6.07) is 11.1. The summed E-state index contributed by atoms with van der Waals surface area (Å²) in [4.78, 5) is 38.1. The van der Waals surface area contributed by atoms with E-state index < -0.39 is 57.0 Å². The fourth-order valence-corrected chi connectivity index (χ4v) is 8.92. The first-order chi connectivity index (χ1) is 22.1. The number of nitrogens with zero attached hydrogens (tertiary/aromatic N) is 2. The van der Waals surface area contributed by atoms with Crippen molar-refractivity contribution in [1.29, 1.82) is 0 Å². The molecule has 2 heterocycles. The number of hydrogen-bond acceptors (Lipinski definition) is 5. The van der Waals surface area contributed by atoms with Crippen molar-refractivity contribution < 1.29 is 45.2 Å². The Bertz CT molecular complexity index is 1440. The molecule has 0 bridgehead atoms. The quantitative estimate of drug-likeness (QED) is 0.173. The zero-order chi connectivity index (χ0) is 34.2. The van der Waals surface area contributed by atoms with E-state index in [2.05, 4.69) is 5.18 Å². The van der Waals surface area contributed by atoms with Crippen LogP contribution in [0.25, 0.3) is 0 Å². The maximum atomic E-state index is 14.6. The molecular formula is C33H36F6N2O5S. The third-order valence-electron chi connectivity index (χ3n) is 10.3. The van der Waals surface area contributed by atoms with E-state index >= 15 is 0 Å². The molecule has 2 aliphatic heterocycles. The van der Waals surface area contributed by atoms with Gasteiger partial charge in [-0.2, -0.15) is 26.3 Å². The lowest BCUT2D eigenvalue weighted by atomic mass is 9.80. The number of alkyl halides is 6. The maximum Gasteiger partial charge on any atom is 0.406 e. The van der Waals surface area contributed by atoms with Crippen LogP contribution < -0.4 is 0 Å². The van der Waals surface area contributed by atoms with Crippen molar-refractivity contribution in [3.05, 3.63) is 70.1 Å². The molecule has 0 N–H and O–H groups in total. The van der Waals surface area contributed by atoms with Crippen LogP contribution in [0.5, 0.6) is 0 Å². The van der Waals surface area contributed by atoms with Crippen LogP contribution in [0, 0.1) is 16.7 Å². The number of ether oxygens (including phenoxy) is 1. The van der Waals surface area contributed by atoms with Gasteiger partial charge in [0.1, 0.15) is 0 Å². The molecule has 256 valence electrons. The van der Waals surface area contributed by atoms with Gasteiger partial charge in [-0.15, -0.1) is 4.91 Å². The molecule has 0 spiro atoms. The normalized spacial score (nSPS) is 25.4. The van der Waals surface area contributed by atoms with Crippen molar-refractivity contribution >= 4 is 23.0 Å². The highest BCUT2D eigenvalue weighted by Crippen LogP contribution is 2.52. The van der Waals surface area contributed by atoms with E-state index in [1.807, 2.05) is 12.1 Å². The van der Waals surface area contributed by atoms with E-state index in [1.165, 1.54) is 12.1 Å². The largest absolute Gasteiger partial charge is 0.611 e. The second-order valence-electron chi connectivity index (χ2n) is 12.9. The Morgan fingerprint density at radius 3 is 2.09 bits per heavy atom. The number of carbonyl (C=O) groups excluding carboxylic acids is 2. The van der Waals surface area contributed by atoms with Gasteiger partial charge in [-0.1, -0.05) is 36.4 Å². The Balaban J connectivity index is 1.48. The SMILES string of the molecule is CC(c1ccc(C2([S+]([O-])c3cccc(C4CCOCC4)c3)CCN(C(=O)[C@H]3CC[C@H](C(=O)N=O)CC3)C2)cc1)(C(F)(F)F)C(F)(F)F. The van der Waals surface area contributed by atoms with Crippen molar-refractivity contribution in [2.24, 2.45) is 17.0 Å². The van der Waals surface area contributed by atoms with Crippen molar-refractivity contribution in [2.45, 2.75) is 85.2 Å². The number of hydrogen-bond donors (Lipinski definition) is 0. The molecule has 2 aromatic rings. The molecule has 3 aliphatic rings. The number of rotatable bonds is 7. The Kier molecular flexibility index (Phi) is 10.2. The van der Waals surface area contributed by atoms with E-state index in [1.54, 1.807) is 17.0 Å². The molecule has 5 rings (SSSR count). The summed E-state index contributed by atoms with van der Waals surface area (Å²) in [5, 5.41) is 2.50. The molecule has 2 saturated heterocycles. The number of halogens is 6. The van der Waals surface area contributed by atoms with Crippen molar-refractivity contribution in [2.75, 3.05) is 26.3 Å². The molecule has 14 heteroatoms. The van der Waals surface area contributed by atoms with Crippen LogP contribution in [0.1, 0.15) is 74.5 Å². The Labute approximate surface area is 271 Å². The molecule has 3 fully saturated rings. The van der Waals surface area contributed by atoms with Gasteiger partial charge in [-0.05, 0) is 85.8 Å². The Morgan fingerprint density at radius 1 is 0.915 bits per heavy atom. The van der Waals surface area contributed by atoms with Gasteiger partial charge >= 0.3 is 12.4 Å². The zero-order valence-corrected chi connectivity index (χ0v) is 26.6. The van der Waals surface area contributed by atoms with Crippen molar-refractivity contribution in [3.8, 4) is 0 Å². The summed E-state index contributed by atoms with van der Waals surface area (Å²) in [6.07, 6.45) is -8.19. The van der Waals surface area contributed by atoms with Crippen LogP contribution in [0.4, 0.5) is 26.3 Å². The summed E-state index contributed by atoms with van der Waals surface area (Å²) >= 11 is -1.86. The summed E-state index contributed by atoms with van der Waals surface area (Å²) in [5.41, 5.74) is -3.90. The van der Waals surface area contributed by atoms with Gasteiger partial charge < -0.3 is 14.2 Å². The van der Waals surface area contributed by atoms with E-state index in [-0.39, 0.29) is 43.8 Å². The molecule has 7 nitrogen and oxygen atoms in total. The lowest BCUT2D eigenvalue weighted by molar-refractivity contribution is -0.297. The predicted octanol–water partition coefficient (Wildman–Crippen LogP) is 7.30. The third-order valence-corrected chi connectivity index (χ3v) is 12.3. The maximum absolute atomic E-state index is 14.6. The Morgan fingerprint density at radius 2 is 1.51 bits per heavy atom. The lowest BCUT2D eigenvalue weighted by Gasteiger charge is -2.36. The molecule has 2 atom stereocenters. The smallest absolute Gasteiger partial charge is 0.406 e. The minimum Gasteiger partial charge on any atom is -0.611 e. The van der Waals surface area contributed by atoms with Crippen molar-refractivity contribution in [3.63, 3.8) is 0 Å². The van der Waals surface area contributed by atoms with E-state index in [9.17, 15) is 45.4 Å².